The number of carbonyl (C=O) groups is 2. The van der Waals surface area contributed by atoms with E-state index in [-0.39, 0.29) is 29.4 Å². The van der Waals surface area contributed by atoms with E-state index in [0.717, 1.165) is 11.3 Å². The fourth-order valence-electron chi connectivity index (χ4n) is 2.42. The predicted octanol–water partition coefficient (Wildman–Crippen LogP) is 3.82. The number of carbonyl (C=O) groups excluding carboxylic acids is 1. The van der Waals surface area contributed by atoms with Crippen LogP contribution in [-0.2, 0) is 6.61 Å². The van der Waals surface area contributed by atoms with Gasteiger partial charge in [-0.1, -0.05) is 18.2 Å². The third-order valence-electron chi connectivity index (χ3n) is 3.83. The summed E-state index contributed by atoms with van der Waals surface area (Å²) in [6.07, 6.45) is 0. The lowest BCUT2D eigenvalue weighted by Crippen LogP contribution is -2.11. The first-order valence-electron chi connectivity index (χ1n) is 8.09. The minimum Gasteiger partial charge on any atom is -0.507 e. The van der Waals surface area contributed by atoms with E-state index in [1.165, 1.54) is 24.3 Å². The van der Waals surface area contributed by atoms with Gasteiger partial charge >= 0.3 is 5.97 Å². The number of ether oxygens (including phenoxy) is 1. The van der Waals surface area contributed by atoms with Gasteiger partial charge in [0.2, 0.25) is 0 Å². The van der Waals surface area contributed by atoms with Gasteiger partial charge in [-0.25, -0.2) is 4.79 Å². The van der Waals surface area contributed by atoms with Crippen molar-refractivity contribution in [3.8, 4) is 11.5 Å². The van der Waals surface area contributed by atoms with Crippen molar-refractivity contribution in [2.75, 3.05) is 5.32 Å². The van der Waals surface area contributed by atoms with Crippen LogP contribution in [0, 0.1) is 6.92 Å². The number of benzene rings is 2. The molecule has 0 atom stereocenters. The molecule has 0 aliphatic carbocycles. The molecule has 0 fully saturated rings. The van der Waals surface area contributed by atoms with Crippen molar-refractivity contribution < 1.29 is 29.0 Å². The van der Waals surface area contributed by atoms with Crippen LogP contribution in [0.5, 0.6) is 11.5 Å². The van der Waals surface area contributed by atoms with Crippen molar-refractivity contribution in [2.45, 2.75) is 13.5 Å². The lowest BCUT2D eigenvalue weighted by atomic mass is 10.2. The van der Waals surface area contributed by atoms with Crippen molar-refractivity contribution in [3.05, 3.63) is 77.2 Å². The van der Waals surface area contributed by atoms with Crippen LogP contribution < -0.4 is 10.1 Å². The van der Waals surface area contributed by atoms with Crippen molar-refractivity contribution >= 4 is 17.6 Å². The molecule has 138 valence electrons. The summed E-state index contributed by atoms with van der Waals surface area (Å²) in [5.41, 5.74) is 0.910. The quantitative estimate of drug-likeness (QED) is 0.572. The van der Waals surface area contributed by atoms with Crippen LogP contribution in [0.15, 0.2) is 59.0 Å². The van der Waals surface area contributed by atoms with Gasteiger partial charge in [-0.2, -0.15) is 0 Å². The average Bonchev–Trinajstić information content (AvgIpc) is 3.11. The number of nitrogens with one attached hydrogen (secondary N) is 1. The molecule has 7 heteroatoms. The summed E-state index contributed by atoms with van der Waals surface area (Å²) in [6.45, 7) is 2.10. The first-order chi connectivity index (χ1) is 12.9. The number of para-hydroxylation sites is 1. The number of anilines is 1. The van der Waals surface area contributed by atoms with Crippen LogP contribution in [0.3, 0.4) is 0 Å². The zero-order valence-electron chi connectivity index (χ0n) is 14.4. The topological polar surface area (TPSA) is 109 Å². The van der Waals surface area contributed by atoms with Crippen molar-refractivity contribution in [1.82, 2.24) is 0 Å². The Labute approximate surface area is 154 Å². The third-order valence-corrected chi connectivity index (χ3v) is 3.83. The third kappa shape index (κ3) is 4.27. The SMILES string of the molecule is Cc1ccccc1OCc1ccc(C(=O)Nc2ccc(O)c(C(=O)O)c2)o1. The molecular weight excluding hydrogens is 350 g/mol. The van der Waals surface area contributed by atoms with E-state index in [1.54, 1.807) is 6.07 Å². The second-order valence-corrected chi connectivity index (χ2v) is 5.81. The maximum absolute atomic E-state index is 12.3. The molecule has 0 aliphatic heterocycles. The summed E-state index contributed by atoms with van der Waals surface area (Å²) in [4.78, 5) is 23.3. The molecule has 0 bridgehead atoms. The Balaban J connectivity index is 1.66. The fourth-order valence-corrected chi connectivity index (χ4v) is 2.42. The Kier molecular flexibility index (Phi) is 5.12. The molecule has 3 rings (SSSR count). The van der Waals surface area contributed by atoms with Crippen LogP contribution in [0.25, 0.3) is 0 Å². The highest BCUT2D eigenvalue weighted by atomic mass is 16.5. The molecule has 0 radical (unpaired) electrons. The van der Waals surface area contributed by atoms with E-state index < -0.39 is 11.9 Å². The number of carboxylic acid groups (broad SMARTS) is 1. The standard InChI is InChI=1S/C20H17NO6/c1-12-4-2-3-5-17(12)26-11-14-7-9-18(27-14)19(23)21-13-6-8-16(22)15(10-13)20(24)25/h2-10,22H,11H2,1H3,(H,21,23)(H,24,25). The minimum atomic E-state index is -1.29. The number of aromatic carboxylic acids is 1. The first kappa shape index (κ1) is 18.1. The van der Waals surface area contributed by atoms with Gasteiger partial charge in [0.15, 0.2) is 5.76 Å². The molecule has 7 nitrogen and oxygen atoms in total. The van der Waals surface area contributed by atoms with Crippen molar-refractivity contribution in [3.63, 3.8) is 0 Å². The highest BCUT2D eigenvalue weighted by molar-refractivity contribution is 6.03. The molecule has 1 aromatic heterocycles. The molecule has 27 heavy (non-hydrogen) atoms. The summed E-state index contributed by atoms with van der Waals surface area (Å²) < 4.78 is 11.1. The average molecular weight is 367 g/mol. The normalized spacial score (nSPS) is 10.4. The summed E-state index contributed by atoms with van der Waals surface area (Å²) in [5, 5.41) is 21.0. The number of amides is 1. The maximum atomic E-state index is 12.3. The van der Waals surface area contributed by atoms with Crippen molar-refractivity contribution in [1.29, 1.82) is 0 Å². The number of hydrogen-bond donors (Lipinski definition) is 3. The van der Waals surface area contributed by atoms with Crippen molar-refractivity contribution in [2.24, 2.45) is 0 Å². The van der Waals surface area contributed by atoms with E-state index in [9.17, 15) is 14.7 Å². The Morgan fingerprint density at radius 3 is 2.63 bits per heavy atom. The molecule has 0 spiro atoms. The van der Waals surface area contributed by atoms with Gasteiger partial charge < -0.3 is 24.7 Å². The Morgan fingerprint density at radius 1 is 1.11 bits per heavy atom. The van der Waals surface area contributed by atoms with Gasteiger partial charge in [0.1, 0.15) is 29.4 Å². The predicted molar refractivity (Wildman–Crippen MR) is 97.2 cm³/mol. The molecule has 0 saturated heterocycles. The Bertz CT molecular complexity index is 992. The van der Waals surface area contributed by atoms with Gasteiger partial charge in [0, 0.05) is 5.69 Å². The molecule has 3 aromatic rings. The lowest BCUT2D eigenvalue weighted by molar-refractivity contribution is 0.0693. The highest BCUT2D eigenvalue weighted by Gasteiger charge is 2.15. The van der Waals surface area contributed by atoms with E-state index in [4.69, 9.17) is 14.3 Å². The van der Waals surface area contributed by atoms with E-state index >= 15 is 0 Å². The highest BCUT2D eigenvalue weighted by Crippen LogP contribution is 2.23. The minimum absolute atomic E-state index is 0.0586. The van der Waals surface area contributed by atoms with Gasteiger partial charge in [-0.05, 0) is 48.9 Å². The van der Waals surface area contributed by atoms with Gasteiger partial charge in [-0.15, -0.1) is 0 Å². The zero-order valence-corrected chi connectivity index (χ0v) is 14.4. The van der Waals surface area contributed by atoms with Crippen LogP contribution in [0.1, 0.15) is 32.2 Å². The second kappa shape index (κ2) is 7.65. The molecule has 0 unspecified atom stereocenters. The Morgan fingerprint density at radius 2 is 1.89 bits per heavy atom. The lowest BCUT2D eigenvalue weighted by Gasteiger charge is -2.07. The number of aryl methyl sites for hydroxylation is 1. The number of furan rings is 1. The number of rotatable bonds is 6. The largest absolute Gasteiger partial charge is 0.507 e. The molecule has 1 heterocycles. The maximum Gasteiger partial charge on any atom is 0.339 e. The first-order valence-corrected chi connectivity index (χ1v) is 8.09. The van der Waals surface area contributed by atoms with E-state index in [2.05, 4.69) is 5.32 Å². The molecule has 0 aliphatic rings. The van der Waals surface area contributed by atoms with Crippen LogP contribution >= 0.6 is 0 Å². The number of carboxylic acids is 1. The van der Waals surface area contributed by atoms with E-state index in [0.29, 0.717) is 5.76 Å². The Hall–Kier alpha value is -3.74. The van der Waals surface area contributed by atoms with Crippen LogP contribution in [0.4, 0.5) is 5.69 Å². The van der Waals surface area contributed by atoms with Crippen LogP contribution in [-0.4, -0.2) is 22.1 Å². The zero-order chi connectivity index (χ0) is 19.4. The number of phenols is 1. The molecular formula is C20H17NO6. The number of hydrogen-bond acceptors (Lipinski definition) is 5. The van der Waals surface area contributed by atoms with Gasteiger partial charge in [-0.3, -0.25) is 4.79 Å². The summed E-state index contributed by atoms with van der Waals surface area (Å²) in [7, 11) is 0. The molecule has 1 amide bonds. The van der Waals surface area contributed by atoms with Crippen LogP contribution in [0.2, 0.25) is 0 Å². The number of aromatic hydroxyl groups is 1. The molecule has 2 aromatic carbocycles. The summed E-state index contributed by atoms with van der Waals surface area (Å²) >= 11 is 0. The fraction of sp³-hybridized carbons (Fsp3) is 0.100. The van der Waals surface area contributed by atoms with E-state index in [1.807, 2.05) is 31.2 Å². The smallest absolute Gasteiger partial charge is 0.339 e. The second-order valence-electron chi connectivity index (χ2n) is 5.81. The molecule has 3 N–H and O–H groups in total. The monoisotopic (exact) mass is 367 g/mol. The van der Waals surface area contributed by atoms with Gasteiger partial charge in [0.05, 0.1) is 0 Å². The summed E-state index contributed by atoms with van der Waals surface area (Å²) in [6, 6.07) is 14.4. The van der Waals surface area contributed by atoms with Gasteiger partial charge in [0.25, 0.3) is 5.91 Å². The summed E-state index contributed by atoms with van der Waals surface area (Å²) in [5.74, 6) is -0.959. The molecule has 0 saturated carbocycles.